The van der Waals surface area contributed by atoms with Gasteiger partial charge in [-0.15, -0.1) is 0 Å². The van der Waals surface area contributed by atoms with Gasteiger partial charge in [-0.25, -0.2) is 9.97 Å². The fourth-order valence-electron chi connectivity index (χ4n) is 2.57. The molecule has 25 heavy (non-hydrogen) atoms. The first kappa shape index (κ1) is 17.1. The highest BCUT2D eigenvalue weighted by atomic mass is 16.5. The molecule has 0 spiro atoms. The monoisotopic (exact) mass is 338 g/mol. The summed E-state index contributed by atoms with van der Waals surface area (Å²) >= 11 is 0. The fourth-order valence-corrected chi connectivity index (χ4v) is 2.57. The highest BCUT2D eigenvalue weighted by Crippen LogP contribution is 2.10. The van der Waals surface area contributed by atoms with Gasteiger partial charge in [-0.1, -0.05) is 24.3 Å². The van der Waals surface area contributed by atoms with Crippen molar-refractivity contribution in [1.82, 2.24) is 15.3 Å². The van der Waals surface area contributed by atoms with Crippen LogP contribution < -0.4 is 10.2 Å². The van der Waals surface area contributed by atoms with Gasteiger partial charge in [0.25, 0.3) is 0 Å². The van der Waals surface area contributed by atoms with Gasteiger partial charge in [-0.3, -0.25) is 4.79 Å². The number of hydrogen-bond donors (Lipinski definition) is 1. The molecule has 1 aliphatic rings. The van der Waals surface area contributed by atoms with E-state index < -0.39 is 0 Å². The molecule has 0 radical (unpaired) electrons. The molecule has 0 bridgehead atoms. The molecule has 1 N–H and O–H groups in total. The first-order valence-corrected chi connectivity index (χ1v) is 8.38. The highest BCUT2D eigenvalue weighted by molar-refractivity contribution is 5.91. The van der Waals surface area contributed by atoms with Gasteiger partial charge < -0.3 is 15.0 Å². The summed E-state index contributed by atoms with van der Waals surface area (Å²) in [6.07, 6.45) is 5.10. The summed E-state index contributed by atoms with van der Waals surface area (Å²) in [7, 11) is 0. The van der Waals surface area contributed by atoms with Crippen LogP contribution in [0.4, 0.5) is 5.95 Å². The molecule has 2 heterocycles. The number of carbonyl (C=O) groups excluding carboxylic acids is 1. The maximum Gasteiger partial charge on any atom is 0.244 e. The Bertz CT molecular complexity index is 755. The van der Waals surface area contributed by atoms with E-state index in [0.29, 0.717) is 25.7 Å². The molecule has 0 unspecified atom stereocenters. The van der Waals surface area contributed by atoms with Crippen molar-refractivity contribution in [1.29, 1.82) is 0 Å². The minimum Gasteiger partial charge on any atom is -0.378 e. The van der Waals surface area contributed by atoms with Crippen molar-refractivity contribution in [2.45, 2.75) is 13.5 Å². The summed E-state index contributed by atoms with van der Waals surface area (Å²) in [5, 5.41) is 2.86. The molecular formula is C19H22N4O2. The van der Waals surface area contributed by atoms with E-state index in [-0.39, 0.29) is 5.91 Å². The summed E-state index contributed by atoms with van der Waals surface area (Å²) in [4.78, 5) is 22.9. The van der Waals surface area contributed by atoms with E-state index in [1.165, 1.54) is 0 Å². The normalized spacial score (nSPS) is 14.7. The Morgan fingerprint density at radius 3 is 2.88 bits per heavy atom. The van der Waals surface area contributed by atoms with E-state index >= 15 is 0 Å². The Balaban J connectivity index is 1.56. The van der Waals surface area contributed by atoms with Crippen molar-refractivity contribution in [3.8, 4) is 0 Å². The topological polar surface area (TPSA) is 67.4 Å². The second-order valence-corrected chi connectivity index (χ2v) is 5.86. The molecule has 1 amide bonds. The third-order valence-electron chi connectivity index (χ3n) is 4.04. The lowest BCUT2D eigenvalue weighted by Crippen LogP contribution is -2.37. The van der Waals surface area contributed by atoms with Gasteiger partial charge >= 0.3 is 0 Å². The van der Waals surface area contributed by atoms with E-state index in [2.05, 4.69) is 20.2 Å². The highest BCUT2D eigenvalue weighted by Gasteiger charge is 2.13. The van der Waals surface area contributed by atoms with Crippen molar-refractivity contribution < 1.29 is 9.53 Å². The average molecular weight is 338 g/mol. The number of anilines is 1. The predicted molar refractivity (Wildman–Crippen MR) is 97.1 cm³/mol. The maximum absolute atomic E-state index is 12.0. The second kappa shape index (κ2) is 8.39. The number of aromatic nitrogens is 2. The number of amides is 1. The van der Waals surface area contributed by atoms with Crippen LogP contribution in [0, 0.1) is 6.92 Å². The molecule has 0 aliphatic carbocycles. The van der Waals surface area contributed by atoms with Gasteiger partial charge in [0.05, 0.1) is 25.5 Å². The van der Waals surface area contributed by atoms with Gasteiger partial charge in [-0.05, 0) is 30.2 Å². The third-order valence-corrected chi connectivity index (χ3v) is 4.04. The van der Waals surface area contributed by atoms with Crippen LogP contribution in [-0.4, -0.2) is 42.2 Å². The molecule has 1 fully saturated rings. The largest absolute Gasteiger partial charge is 0.378 e. The van der Waals surface area contributed by atoms with Crippen molar-refractivity contribution >= 4 is 17.9 Å². The Hall–Kier alpha value is -2.73. The lowest BCUT2D eigenvalue weighted by molar-refractivity contribution is -0.116. The van der Waals surface area contributed by atoms with E-state index in [0.717, 1.165) is 29.9 Å². The molecule has 6 nitrogen and oxygen atoms in total. The SMILES string of the molecule is Cc1ccccc1/C=C/C(=O)NCc1ccnc(N2CCOCC2)n1. The van der Waals surface area contributed by atoms with Crippen LogP contribution >= 0.6 is 0 Å². The Morgan fingerprint density at radius 2 is 2.08 bits per heavy atom. The summed E-state index contributed by atoms with van der Waals surface area (Å²) < 4.78 is 5.34. The van der Waals surface area contributed by atoms with Crippen molar-refractivity contribution in [2.75, 3.05) is 31.2 Å². The number of hydrogen-bond acceptors (Lipinski definition) is 5. The number of ether oxygens (including phenoxy) is 1. The average Bonchev–Trinajstić information content (AvgIpc) is 2.67. The van der Waals surface area contributed by atoms with Crippen LogP contribution in [0.15, 0.2) is 42.6 Å². The first-order valence-electron chi connectivity index (χ1n) is 8.38. The molecule has 0 saturated carbocycles. The smallest absolute Gasteiger partial charge is 0.244 e. The Morgan fingerprint density at radius 1 is 1.28 bits per heavy atom. The van der Waals surface area contributed by atoms with Gasteiger partial charge in [0.1, 0.15) is 0 Å². The molecule has 2 aromatic rings. The molecule has 1 aromatic carbocycles. The Labute approximate surface area is 147 Å². The molecular weight excluding hydrogens is 316 g/mol. The van der Waals surface area contributed by atoms with Crippen molar-refractivity contribution in [3.63, 3.8) is 0 Å². The van der Waals surface area contributed by atoms with Crippen molar-refractivity contribution in [3.05, 3.63) is 59.4 Å². The predicted octanol–water partition coefficient (Wildman–Crippen LogP) is 1.95. The number of aryl methyl sites for hydroxylation is 1. The maximum atomic E-state index is 12.0. The van der Waals surface area contributed by atoms with E-state index in [1.54, 1.807) is 12.3 Å². The summed E-state index contributed by atoms with van der Waals surface area (Å²) in [5.74, 6) is 0.542. The van der Waals surface area contributed by atoms with Crippen LogP contribution in [0.25, 0.3) is 6.08 Å². The van der Waals surface area contributed by atoms with E-state index in [9.17, 15) is 4.79 Å². The van der Waals surface area contributed by atoms with Crippen LogP contribution in [0.2, 0.25) is 0 Å². The quantitative estimate of drug-likeness (QED) is 0.844. The van der Waals surface area contributed by atoms with Crippen LogP contribution in [-0.2, 0) is 16.1 Å². The number of morpholine rings is 1. The summed E-state index contributed by atoms with van der Waals surface area (Å²) in [6, 6.07) is 9.76. The lowest BCUT2D eigenvalue weighted by atomic mass is 10.1. The molecule has 1 aromatic heterocycles. The molecule has 130 valence electrons. The minimum atomic E-state index is -0.144. The molecule has 1 saturated heterocycles. The van der Waals surface area contributed by atoms with Crippen molar-refractivity contribution in [2.24, 2.45) is 0 Å². The number of carbonyl (C=O) groups is 1. The molecule has 0 atom stereocenters. The number of nitrogens with zero attached hydrogens (tertiary/aromatic N) is 3. The van der Waals surface area contributed by atoms with Crippen LogP contribution in [0.1, 0.15) is 16.8 Å². The molecule has 1 aliphatic heterocycles. The fraction of sp³-hybridized carbons (Fsp3) is 0.316. The zero-order chi connectivity index (χ0) is 17.5. The summed E-state index contributed by atoms with van der Waals surface area (Å²) in [5.41, 5.74) is 2.96. The standard InChI is InChI=1S/C19H22N4O2/c1-15-4-2-3-5-16(15)6-7-18(24)21-14-17-8-9-20-19(22-17)23-10-12-25-13-11-23/h2-9H,10-14H2,1H3,(H,21,24)/b7-6+. The number of nitrogens with one attached hydrogen (secondary N) is 1. The minimum absolute atomic E-state index is 0.144. The van der Waals surface area contributed by atoms with Gasteiger partial charge in [0.15, 0.2) is 0 Å². The molecule has 6 heteroatoms. The number of rotatable bonds is 5. The molecule has 3 rings (SSSR count). The third kappa shape index (κ3) is 4.87. The van der Waals surface area contributed by atoms with Gasteiger partial charge in [0, 0.05) is 25.4 Å². The van der Waals surface area contributed by atoms with Crippen LogP contribution in [0.5, 0.6) is 0 Å². The second-order valence-electron chi connectivity index (χ2n) is 5.86. The zero-order valence-electron chi connectivity index (χ0n) is 14.3. The van der Waals surface area contributed by atoms with E-state index in [1.807, 2.05) is 43.3 Å². The first-order chi connectivity index (χ1) is 12.2. The van der Waals surface area contributed by atoms with E-state index in [4.69, 9.17) is 4.74 Å². The van der Waals surface area contributed by atoms with Gasteiger partial charge in [-0.2, -0.15) is 0 Å². The van der Waals surface area contributed by atoms with Crippen LogP contribution in [0.3, 0.4) is 0 Å². The van der Waals surface area contributed by atoms with Gasteiger partial charge in [0.2, 0.25) is 11.9 Å². The lowest BCUT2D eigenvalue weighted by Gasteiger charge is -2.26. The number of benzene rings is 1. The Kier molecular flexibility index (Phi) is 5.74. The zero-order valence-corrected chi connectivity index (χ0v) is 14.3. The summed E-state index contributed by atoms with van der Waals surface area (Å²) in [6.45, 7) is 5.34.